The number of amides is 1. The highest BCUT2D eigenvalue weighted by Crippen LogP contribution is 2.33. The molecule has 0 radical (unpaired) electrons. The van der Waals surface area contributed by atoms with Crippen LogP contribution in [0.15, 0.2) is 78.9 Å². The van der Waals surface area contributed by atoms with Gasteiger partial charge in [-0.15, -0.1) is 0 Å². The Bertz CT molecular complexity index is 1240. The van der Waals surface area contributed by atoms with Crippen molar-refractivity contribution in [1.82, 2.24) is 5.32 Å². The van der Waals surface area contributed by atoms with Crippen LogP contribution in [0.2, 0.25) is 0 Å². The van der Waals surface area contributed by atoms with Crippen LogP contribution >= 0.6 is 0 Å². The van der Waals surface area contributed by atoms with Crippen LogP contribution in [0.4, 0.5) is 5.69 Å². The van der Waals surface area contributed by atoms with Gasteiger partial charge in [0, 0.05) is 36.2 Å². The fraction of sp³-hybridized carbons (Fsp3) is 0.344. The van der Waals surface area contributed by atoms with E-state index in [1.165, 1.54) is 12.8 Å². The van der Waals surface area contributed by atoms with Crippen molar-refractivity contribution in [2.75, 3.05) is 18.5 Å². The molecule has 0 aromatic heterocycles. The Kier molecular flexibility index (Phi) is 10.1. The summed E-state index contributed by atoms with van der Waals surface area (Å²) in [4.78, 5) is 37.0. The van der Waals surface area contributed by atoms with Gasteiger partial charge in [-0.1, -0.05) is 67.4 Å². The van der Waals surface area contributed by atoms with Crippen LogP contribution in [0.1, 0.15) is 60.0 Å². The van der Waals surface area contributed by atoms with Crippen LogP contribution in [0.25, 0.3) is 0 Å². The number of aliphatic carboxylic acids is 1. The Labute approximate surface area is 229 Å². The minimum absolute atomic E-state index is 0.105. The van der Waals surface area contributed by atoms with Crippen LogP contribution in [-0.2, 0) is 16.0 Å². The molecule has 3 N–H and O–H groups in total. The molecule has 0 aliphatic heterocycles. The lowest BCUT2D eigenvalue weighted by molar-refractivity contribution is -0.137. The van der Waals surface area contributed by atoms with E-state index in [0.29, 0.717) is 48.6 Å². The Morgan fingerprint density at radius 2 is 1.62 bits per heavy atom. The molecule has 1 amide bonds. The molecule has 7 heteroatoms. The van der Waals surface area contributed by atoms with Crippen LogP contribution < -0.4 is 15.4 Å². The number of benzene rings is 3. The topological polar surface area (TPSA) is 105 Å². The number of nitrogens with one attached hydrogen (secondary N) is 2. The van der Waals surface area contributed by atoms with Gasteiger partial charge in [0.1, 0.15) is 11.8 Å². The molecule has 39 heavy (non-hydrogen) atoms. The maximum Gasteiger partial charge on any atom is 0.326 e. The van der Waals surface area contributed by atoms with Crippen LogP contribution in [-0.4, -0.2) is 42.0 Å². The van der Waals surface area contributed by atoms with E-state index >= 15 is 0 Å². The predicted octanol–water partition coefficient (Wildman–Crippen LogP) is 5.49. The third kappa shape index (κ3) is 8.99. The van der Waals surface area contributed by atoms with Gasteiger partial charge in [0.2, 0.25) is 5.91 Å². The fourth-order valence-electron chi connectivity index (χ4n) is 4.43. The second kappa shape index (κ2) is 14.1. The fourth-order valence-corrected chi connectivity index (χ4v) is 4.43. The minimum atomic E-state index is -1.01. The maximum absolute atomic E-state index is 13.0. The summed E-state index contributed by atoms with van der Waals surface area (Å²) in [5, 5.41) is 15.9. The predicted molar refractivity (Wildman–Crippen MR) is 151 cm³/mol. The summed E-state index contributed by atoms with van der Waals surface area (Å²) in [6, 6.07) is 22.3. The quantitative estimate of drug-likeness (QED) is 0.168. The van der Waals surface area contributed by atoms with Crippen molar-refractivity contribution < 1.29 is 24.2 Å². The molecule has 3 aromatic carbocycles. The smallest absolute Gasteiger partial charge is 0.326 e. The van der Waals surface area contributed by atoms with E-state index in [4.69, 9.17) is 4.74 Å². The van der Waals surface area contributed by atoms with Crippen LogP contribution in [0.3, 0.4) is 0 Å². The van der Waals surface area contributed by atoms with E-state index in [1.54, 1.807) is 48.5 Å². The number of ether oxygens (including phenoxy) is 1. The first kappa shape index (κ1) is 27.9. The minimum Gasteiger partial charge on any atom is -0.494 e. The number of para-hydroxylation sites is 1. The van der Waals surface area contributed by atoms with Gasteiger partial charge < -0.3 is 20.5 Å². The Morgan fingerprint density at radius 3 is 2.33 bits per heavy atom. The Hall–Kier alpha value is -4.13. The first-order chi connectivity index (χ1) is 19.0. The summed E-state index contributed by atoms with van der Waals surface area (Å²) in [7, 11) is 0. The van der Waals surface area contributed by atoms with Crippen LogP contribution in [0, 0.1) is 5.92 Å². The van der Waals surface area contributed by atoms with Gasteiger partial charge in [0.15, 0.2) is 5.78 Å². The Balaban J connectivity index is 1.24. The first-order valence-electron chi connectivity index (χ1n) is 13.7. The maximum atomic E-state index is 13.0. The number of carboxylic acid groups (broad SMARTS) is 1. The lowest BCUT2D eigenvalue weighted by atomic mass is 10.00. The SMILES string of the molecule is O=C(CCCC1CC1)NCCCOc1ccc(C[C@H](Nc2ccccc2C(=O)c2ccccc2)C(=O)O)cc1. The van der Waals surface area contributed by atoms with E-state index < -0.39 is 12.0 Å². The van der Waals surface area contributed by atoms with Crippen molar-refractivity contribution in [2.24, 2.45) is 5.92 Å². The van der Waals surface area contributed by atoms with Gasteiger partial charge in [-0.3, -0.25) is 9.59 Å². The van der Waals surface area contributed by atoms with E-state index in [2.05, 4.69) is 10.6 Å². The molecule has 1 aliphatic rings. The number of hydrogen-bond acceptors (Lipinski definition) is 5. The first-order valence-corrected chi connectivity index (χ1v) is 13.7. The number of carboxylic acids is 1. The second-order valence-electron chi connectivity index (χ2n) is 10.0. The molecule has 204 valence electrons. The van der Waals surface area contributed by atoms with E-state index in [0.717, 1.165) is 24.3 Å². The van der Waals surface area contributed by atoms with Crippen LogP contribution in [0.5, 0.6) is 5.75 Å². The lowest BCUT2D eigenvalue weighted by Gasteiger charge is -2.18. The standard InChI is InChI=1S/C32H36N2O5/c35-30(13-6-8-23-14-15-23)33-20-7-21-39-26-18-16-24(17-19-26)22-29(32(37)38)34-28-12-5-4-11-27(28)31(36)25-9-2-1-3-10-25/h1-5,9-12,16-19,23,29,34H,6-8,13-15,20-22H2,(H,33,35)(H,37,38)/t29-/m0/s1. The molecule has 0 saturated heterocycles. The molecule has 3 aromatic rings. The molecule has 1 saturated carbocycles. The van der Waals surface area contributed by atoms with Crippen molar-refractivity contribution in [3.05, 3.63) is 95.6 Å². The van der Waals surface area contributed by atoms with Gasteiger partial charge in [0.25, 0.3) is 0 Å². The highest BCUT2D eigenvalue weighted by molar-refractivity contribution is 6.12. The lowest BCUT2D eigenvalue weighted by Crippen LogP contribution is -2.32. The molecule has 0 spiro atoms. The van der Waals surface area contributed by atoms with Crippen molar-refractivity contribution in [3.8, 4) is 5.75 Å². The average molecular weight is 529 g/mol. The molecule has 1 fully saturated rings. The van der Waals surface area contributed by atoms with E-state index in [-0.39, 0.29) is 18.1 Å². The zero-order valence-electron chi connectivity index (χ0n) is 22.1. The third-order valence-corrected chi connectivity index (χ3v) is 6.82. The Morgan fingerprint density at radius 1 is 0.897 bits per heavy atom. The number of anilines is 1. The molecule has 0 bridgehead atoms. The van der Waals surface area contributed by atoms with Gasteiger partial charge in [-0.2, -0.15) is 0 Å². The van der Waals surface area contributed by atoms with Crippen molar-refractivity contribution in [3.63, 3.8) is 0 Å². The molecule has 1 aliphatic carbocycles. The van der Waals surface area contributed by atoms with Crippen molar-refractivity contribution in [2.45, 2.75) is 51.0 Å². The summed E-state index contributed by atoms with van der Waals surface area (Å²) in [5.41, 5.74) is 2.27. The summed E-state index contributed by atoms with van der Waals surface area (Å²) < 4.78 is 5.78. The van der Waals surface area contributed by atoms with Gasteiger partial charge in [0.05, 0.1) is 6.61 Å². The van der Waals surface area contributed by atoms with E-state index in [1.807, 2.05) is 30.3 Å². The third-order valence-electron chi connectivity index (χ3n) is 6.82. The van der Waals surface area contributed by atoms with Gasteiger partial charge in [-0.05, 0) is 55.0 Å². The zero-order valence-corrected chi connectivity index (χ0v) is 22.1. The summed E-state index contributed by atoms with van der Waals surface area (Å²) >= 11 is 0. The highest BCUT2D eigenvalue weighted by Gasteiger charge is 2.22. The highest BCUT2D eigenvalue weighted by atomic mass is 16.5. The number of hydrogen-bond donors (Lipinski definition) is 3. The summed E-state index contributed by atoms with van der Waals surface area (Å²) in [6.45, 7) is 1.06. The number of ketones is 1. The van der Waals surface area contributed by atoms with Crippen molar-refractivity contribution in [1.29, 1.82) is 0 Å². The second-order valence-corrected chi connectivity index (χ2v) is 10.0. The monoisotopic (exact) mass is 528 g/mol. The van der Waals surface area contributed by atoms with E-state index in [9.17, 15) is 19.5 Å². The normalized spacial score (nSPS) is 13.3. The largest absolute Gasteiger partial charge is 0.494 e. The number of rotatable bonds is 16. The molecule has 0 heterocycles. The van der Waals surface area contributed by atoms with Gasteiger partial charge in [-0.25, -0.2) is 4.79 Å². The van der Waals surface area contributed by atoms with Gasteiger partial charge >= 0.3 is 5.97 Å². The zero-order chi connectivity index (χ0) is 27.5. The number of carbonyl (C=O) groups is 3. The summed E-state index contributed by atoms with van der Waals surface area (Å²) in [5.74, 6) is 0.474. The molecule has 4 rings (SSSR count). The number of carbonyl (C=O) groups excluding carboxylic acids is 2. The molecule has 0 unspecified atom stereocenters. The average Bonchev–Trinajstić information content (AvgIpc) is 3.78. The van der Waals surface area contributed by atoms with Crippen molar-refractivity contribution >= 4 is 23.3 Å². The molecule has 7 nitrogen and oxygen atoms in total. The molecular formula is C32H36N2O5. The summed E-state index contributed by atoms with van der Waals surface area (Å²) in [6.07, 6.45) is 6.32. The molecular weight excluding hydrogens is 492 g/mol. The molecule has 1 atom stereocenters.